The lowest BCUT2D eigenvalue weighted by molar-refractivity contribution is -0.117. The van der Waals surface area contributed by atoms with Crippen LogP contribution in [0.3, 0.4) is 0 Å². The van der Waals surface area contributed by atoms with E-state index < -0.39 is 6.04 Å². The number of carbonyl (C=O) groups excluding carboxylic acids is 1. The first-order valence-corrected chi connectivity index (χ1v) is 7.96. The third kappa shape index (κ3) is 4.02. The van der Waals surface area contributed by atoms with E-state index in [0.717, 1.165) is 22.5 Å². The Kier molecular flexibility index (Phi) is 4.92. The summed E-state index contributed by atoms with van der Waals surface area (Å²) in [7, 11) is 0. The van der Waals surface area contributed by atoms with Crippen LogP contribution in [0, 0.1) is 6.92 Å². The predicted molar refractivity (Wildman–Crippen MR) is 99.1 cm³/mol. The van der Waals surface area contributed by atoms with Crippen LogP contribution >= 0.6 is 0 Å². The number of aryl methyl sites for hydroxylation is 1. The number of nitrogens with one attached hydrogen (secondary N) is 2. The maximum atomic E-state index is 12.8. The number of para-hydroxylation sites is 1. The molecule has 0 aromatic heterocycles. The van der Waals surface area contributed by atoms with Gasteiger partial charge in [-0.2, -0.15) is 0 Å². The second-order valence-corrected chi connectivity index (χ2v) is 5.71. The summed E-state index contributed by atoms with van der Waals surface area (Å²) in [6.07, 6.45) is 0. The van der Waals surface area contributed by atoms with E-state index in [1.165, 1.54) is 0 Å². The number of benzene rings is 3. The molecule has 0 saturated carbocycles. The van der Waals surface area contributed by atoms with E-state index in [0.29, 0.717) is 0 Å². The molecule has 2 N–H and O–H groups in total. The van der Waals surface area contributed by atoms with E-state index in [9.17, 15) is 4.79 Å². The van der Waals surface area contributed by atoms with Crippen molar-refractivity contribution < 1.29 is 4.79 Å². The third-order valence-electron chi connectivity index (χ3n) is 3.80. The Hall–Kier alpha value is -3.07. The monoisotopic (exact) mass is 316 g/mol. The van der Waals surface area contributed by atoms with Crippen LogP contribution in [0.4, 0.5) is 11.4 Å². The van der Waals surface area contributed by atoms with Crippen molar-refractivity contribution in [2.45, 2.75) is 13.0 Å². The molecule has 3 aromatic rings. The van der Waals surface area contributed by atoms with E-state index in [1.54, 1.807) is 0 Å². The van der Waals surface area contributed by atoms with Crippen molar-refractivity contribution in [2.24, 2.45) is 0 Å². The van der Waals surface area contributed by atoms with Crippen LogP contribution in [0.2, 0.25) is 0 Å². The number of hydrogen-bond donors (Lipinski definition) is 2. The number of hydrogen-bond acceptors (Lipinski definition) is 2. The minimum atomic E-state index is -0.463. The highest BCUT2D eigenvalue weighted by Crippen LogP contribution is 2.21. The lowest BCUT2D eigenvalue weighted by Gasteiger charge is -2.20. The van der Waals surface area contributed by atoms with Crippen molar-refractivity contribution in [1.82, 2.24) is 0 Å². The minimum Gasteiger partial charge on any atom is -0.370 e. The van der Waals surface area contributed by atoms with E-state index >= 15 is 0 Å². The summed E-state index contributed by atoms with van der Waals surface area (Å²) >= 11 is 0. The highest BCUT2D eigenvalue weighted by Gasteiger charge is 2.20. The molecular formula is C21H20N2O. The first-order valence-electron chi connectivity index (χ1n) is 7.96. The summed E-state index contributed by atoms with van der Waals surface area (Å²) in [6, 6.07) is 26.8. The van der Waals surface area contributed by atoms with Gasteiger partial charge in [0.05, 0.1) is 0 Å². The van der Waals surface area contributed by atoms with Gasteiger partial charge in [0.1, 0.15) is 6.04 Å². The zero-order valence-electron chi connectivity index (χ0n) is 13.6. The normalized spacial score (nSPS) is 11.5. The summed E-state index contributed by atoms with van der Waals surface area (Å²) in [5.41, 5.74) is 3.78. The van der Waals surface area contributed by atoms with Gasteiger partial charge >= 0.3 is 0 Å². The largest absolute Gasteiger partial charge is 0.370 e. The summed E-state index contributed by atoms with van der Waals surface area (Å²) in [5.74, 6) is -0.0890. The van der Waals surface area contributed by atoms with Crippen molar-refractivity contribution >= 4 is 17.3 Å². The van der Waals surface area contributed by atoms with Crippen molar-refractivity contribution in [1.29, 1.82) is 0 Å². The van der Waals surface area contributed by atoms with Gasteiger partial charge in [-0.3, -0.25) is 4.79 Å². The molecule has 0 bridgehead atoms. The molecule has 3 nitrogen and oxygen atoms in total. The molecule has 0 aliphatic carbocycles. The highest BCUT2D eigenvalue weighted by atomic mass is 16.2. The van der Waals surface area contributed by atoms with Gasteiger partial charge < -0.3 is 10.6 Å². The number of rotatable bonds is 5. The fraction of sp³-hybridized carbons (Fsp3) is 0.0952. The summed E-state index contributed by atoms with van der Waals surface area (Å²) in [4.78, 5) is 12.8. The first kappa shape index (κ1) is 15.8. The standard InChI is InChI=1S/C21H20N2O/c1-16-12-14-19(15-13-16)23-21(24)20(17-8-4-2-5-9-17)22-18-10-6-3-7-11-18/h2-15,20,22H,1H3,(H,23,24)/t20-/m0/s1. The smallest absolute Gasteiger partial charge is 0.251 e. The highest BCUT2D eigenvalue weighted by molar-refractivity contribution is 5.97. The molecule has 0 radical (unpaired) electrons. The maximum Gasteiger partial charge on any atom is 0.251 e. The molecular weight excluding hydrogens is 296 g/mol. The van der Waals surface area contributed by atoms with Gasteiger partial charge in [-0.25, -0.2) is 0 Å². The van der Waals surface area contributed by atoms with E-state index in [-0.39, 0.29) is 5.91 Å². The zero-order valence-corrected chi connectivity index (χ0v) is 13.6. The molecule has 120 valence electrons. The van der Waals surface area contributed by atoms with Gasteiger partial charge in [0, 0.05) is 11.4 Å². The van der Waals surface area contributed by atoms with Crippen LogP contribution in [0.1, 0.15) is 17.2 Å². The Morgan fingerprint density at radius 2 is 1.33 bits per heavy atom. The molecule has 0 saturated heterocycles. The summed E-state index contributed by atoms with van der Waals surface area (Å²) < 4.78 is 0. The molecule has 0 spiro atoms. The Morgan fingerprint density at radius 1 is 0.750 bits per heavy atom. The average Bonchev–Trinajstić information content (AvgIpc) is 2.63. The molecule has 3 heteroatoms. The van der Waals surface area contributed by atoms with Crippen LogP contribution in [-0.2, 0) is 4.79 Å². The number of carbonyl (C=O) groups is 1. The SMILES string of the molecule is Cc1ccc(NC(=O)[C@@H](Nc2ccccc2)c2ccccc2)cc1. The van der Waals surface area contributed by atoms with Crippen molar-refractivity contribution in [2.75, 3.05) is 10.6 Å². The van der Waals surface area contributed by atoms with Crippen LogP contribution < -0.4 is 10.6 Å². The Labute approximate surface area is 142 Å². The van der Waals surface area contributed by atoms with Gasteiger partial charge in [-0.1, -0.05) is 66.2 Å². The minimum absolute atomic E-state index is 0.0890. The van der Waals surface area contributed by atoms with Crippen LogP contribution in [0.25, 0.3) is 0 Å². The van der Waals surface area contributed by atoms with E-state index in [1.807, 2.05) is 91.9 Å². The average molecular weight is 316 g/mol. The second kappa shape index (κ2) is 7.47. The molecule has 0 fully saturated rings. The summed E-state index contributed by atoms with van der Waals surface area (Å²) in [6.45, 7) is 2.02. The Morgan fingerprint density at radius 3 is 1.96 bits per heavy atom. The third-order valence-corrected chi connectivity index (χ3v) is 3.80. The lowest BCUT2D eigenvalue weighted by Crippen LogP contribution is -2.27. The molecule has 3 aromatic carbocycles. The van der Waals surface area contributed by atoms with Gasteiger partial charge in [0.25, 0.3) is 5.91 Å². The molecule has 0 aliphatic heterocycles. The number of amides is 1. The Bertz CT molecular complexity index is 783. The first-order chi connectivity index (χ1) is 11.7. The van der Waals surface area contributed by atoms with E-state index in [4.69, 9.17) is 0 Å². The predicted octanol–water partition coefficient (Wildman–Crippen LogP) is 4.79. The molecule has 1 amide bonds. The van der Waals surface area contributed by atoms with Crippen molar-refractivity contribution in [3.8, 4) is 0 Å². The summed E-state index contributed by atoms with van der Waals surface area (Å²) in [5, 5.41) is 6.30. The molecule has 1 atom stereocenters. The van der Waals surface area contributed by atoms with Crippen molar-refractivity contribution in [3.63, 3.8) is 0 Å². The molecule has 3 rings (SSSR count). The van der Waals surface area contributed by atoms with Crippen LogP contribution in [-0.4, -0.2) is 5.91 Å². The fourth-order valence-corrected chi connectivity index (χ4v) is 2.50. The van der Waals surface area contributed by atoms with Gasteiger partial charge in [-0.05, 0) is 36.8 Å². The number of anilines is 2. The topological polar surface area (TPSA) is 41.1 Å². The fourth-order valence-electron chi connectivity index (χ4n) is 2.50. The quantitative estimate of drug-likeness (QED) is 0.711. The lowest BCUT2D eigenvalue weighted by atomic mass is 10.1. The second-order valence-electron chi connectivity index (χ2n) is 5.71. The molecule has 24 heavy (non-hydrogen) atoms. The van der Waals surface area contributed by atoms with Gasteiger partial charge in [0.2, 0.25) is 0 Å². The van der Waals surface area contributed by atoms with Gasteiger partial charge in [0.15, 0.2) is 0 Å². The Balaban J connectivity index is 1.83. The van der Waals surface area contributed by atoms with Gasteiger partial charge in [-0.15, -0.1) is 0 Å². The van der Waals surface area contributed by atoms with E-state index in [2.05, 4.69) is 10.6 Å². The van der Waals surface area contributed by atoms with Crippen LogP contribution in [0.5, 0.6) is 0 Å². The molecule has 0 heterocycles. The van der Waals surface area contributed by atoms with Crippen LogP contribution in [0.15, 0.2) is 84.9 Å². The maximum absolute atomic E-state index is 12.8. The zero-order chi connectivity index (χ0) is 16.8. The molecule has 0 aliphatic rings. The van der Waals surface area contributed by atoms with Crippen molar-refractivity contribution in [3.05, 3.63) is 96.1 Å². The molecule has 0 unspecified atom stereocenters.